The number of hydrazine groups is 1. The van der Waals surface area contributed by atoms with Gasteiger partial charge in [-0.05, 0) is 18.2 Å². The number of nitrogens with zero attached hydrogens (tertiary/aromatic N) is 2. The molecule has 0 atom stereocenters. The fourth-order valence-corrected chi connectivity index (χ4v) is 1.98. The summed E-state index contributed by atoms with van der Waals surface area (Å²) >= 11 is 0. The Balaban J connectivity index is 2.03. The largest absolute Gasteiger partial charge is 0.482 e. The van der Waals surface area contributed by atoms with Gasteiger partial charge in [0.05, 0.1) is 17.6 Å². The summed E-state index contributed by atoms with van der Waals surface area (Å²) in [5, 5.41) is 0. The minimum absolute atomic E-state index is 0.0708. The van der Waals surface area contributed by atoms with Crippen LogP contribution in [0.25, 0.3) is 11.3 Å². The van der Waals surface area contributed by atoms with Crippen molar-refractivity contribution >= 4 is 17.5 Å². The zero-order valence-corrected chi connectivity index (χ0v) is 10.3. The van der Waals surface area contributed by atoms with Crippen molar-refractivity contribution in [2.45, 2.75) is 0 Å². The van der Waals surface area contributed by atoms with Crippen molar-refractivity contribution in [3.8, 4) is 17.0 Å². The van der Waals surface area contributed by atoms with E-state index in [0.717, 1.165) is 16.9 Å². The number of likely N-dealkylation sites (N-methyl/N-ethyl adjacent to an activating group) is 1. The van der Waals surface area contributed by atoms with Crippen molar-refractivity contribution in [2.24, 2.45) is 5.84 Å². The van der Waals surface area contributed by atoms with E-state index in [4.69, 9.17) is 10.6 Å². The Hall–Kier alpha value is -2.54. The van der Waals surface area contributed by atoms with Crippen LogP contribution < -0.4 is 20.9 Å². The lowest BCUT2D eigenvalue weighted by molar-refractivity contribution is -0.120. The molecule has 0 bridgehead atoms. The number of hydrogen-bond donors (Lipinski definition) is 3. The number of amides is 1. The molecule has 98 valence electrons. The van der Waals surface area contributed by atoms with Gasteiger partial charge in [0.25, 0.3) is 5.91 Å². The summed E-state index contributed by atoms with van der Waals surface area (Å²) in [6.45, 7) is 0.0775. The van der Waals surface area contributed by atoms with Crippen molar-refractivity contribution in [2.75, 3.05) is 24.0 Å². The molecule has 0 saturated heterocycles. The lowest BCUT2D eigenvalue weighted by Crippen LogP contribution is -2.35. The number of benzene rings is 1. The molecule has 4 N–H and O–H groups in total. The summed E-state index contributed by atoms with van der Waals surface area (Å²) in [5.74, 6) is 6.38. The standard InChI is InChI=1S/C12H13N5O2/c1-17-9-4-7(8-5-14-12(15-8)16-13)2-3-10(9)19-6-11(17)18/h2-5H,6,13H2,1H3,(H2,14,15,16). The molecule has 2 aromatic rings. The summed E-state index contributed by atoms with van der Waals surface area (Å²) in [5.41, 5.74) is 4.89. The van der Waals surface area contributed by atoms with E-state index in [2.05, 4.69) is 15.4 Å². The van der Waals surface area contributed by atoms with Crippen molar-refractivity contribution < 1.29 is 9.53 Å². The molecule has 0 radical (unpaired) electrons. The van der Waals surface area contributed by atoms with Crippen LogP contribution in [0.3, 0.4) is 0 Å². The molecule has 0 spiro atoms. The van der Waals surface area contributed by atoms with Crippen molar-refractivity contribution in [3.63, 3.8) is 0 Å². The molecule has 0 aliphatic carbocycles. The number of rotatable bonds is 2. The SMILES string of the molecule is CN1C(=O)COc2ccc(-c3cnc(NN)[nH]3)cc21. The van der Waals surface area contributed by atoms with Crippen LogP contribution in [0, 0.1) is 0 Å². The van der Waals surface area contributed by atoms with Gasteiger partial charge < -0.3 is 14.6 Å². The Morgan fingerprint density at radius 3 is 3.11 bits per heavy atom. The van der Waals surface area contributed by atoms with E-state index in [1.807, 2.05) is 18.2 Å². The first-order valence-electron chi connectivity index (χ1n) is 5.74. The number of imidazole rings is 1. The maximum atomic E-state index is 11.6. The van der Waals surface area contributed by atoms with Gasteiger partial charge in [0.1, 0.15) is 5.75 Å². The topological polar surface area (TPSA) is 96.3 Å². The monoisotopic (exact) mass is 259 g/mol. The molecule has 7 heteroatoms. The molecule has 1 aromatic carbocycles. The van der Waals surface area contributed by atoms with Gasteiger partial charge in [-0.2, -0.15) is 0 Å². The van der Waals surface area contributed by atoms with Gasteiger partial charge in [0, 0.05) is 12.6 Å². The normalized spacial score (nSPS) is 14.0. The number of fused-ring (bicyclic) bond motifs is 1. The maximum Gasteiger partial charge on any atom is 0.264 e. The molecule has 3 rings (SSSR count). The maximum absolute atomic E-state index is 11.6. The smallest absolute Gasteiger partial charge is 0.264 e. The van der Waals surface area contributed by atoms with E-state index in [9.17, 15) is 4.79 Å². The molecule has 0 fully saturated rings. The number of carbonyl (C=O) groups excluding carboxylic acids is 1. The highest BCUT2D eigenvalue weighted by Gasteiger charge is 2.22. The first-order valence-corrected chi connectivity index (χ1v) is 5.74. The number of hydrogen-bond acceptors (Lipinski definition) is 5. The summed E-state index contributed by atoms with van der Waals surface area (Å²) in [7, 11) is 1.73. The number of anilines is 2. The second-order valence-electron chi connectivity index (χ2n) is 4.21. The number of aromatic nitrogens is 2. The Kier molecular flexibility index (Phi) is 2.60. The number of H-pyrrole nitrogens is 1. The second kappa shape index (κ2) is 4.29. The minimum Gasteiger partial charge on any atom is -0.482 e. The highest BCUT2D eigenvalue weighted by molar-refractivity contribution is 5.98. The van der Waals surface area contributed by atoms with Crippen LogP contribution in [0.5, 0.6) is 5.75 Å². The average Bonchev–Trinajstić information content (AvgIpc) is 2.92. The number of aromatic amines is 1. The predicted octanol–water partition coefficient (Wildman–Crippen LogP) is 0.717. The van der Waals surface area contributed by atoms with Gasteiger partial charge in [-0.25, -0.2) is 10.8 Å². The van der Waals surface area contributed by atoms with E-state index in [-0.39, 0.29) is 12.5 Å². The first kappa shape index (κ1) is 11.5. The molecule has 1 aliphatic heterocycles. The number of ether oxygens (including phenoxy) is 1. The molecule has 1 aliphatic rings. The van der Waals surface area contributed by atoms with Gasteiger partial charge in [0.2, 0.25) is 5.95 Å². The average molecular weight is 259 g/mol. The third-order valence-electron chi connectivity index (χ3n) is 3.07. The Morgan fingerprint density at radius 1 is 1.53 bits per heavy atom. The van der Waals surface area contributed by atoms with Gasteiger partial charge in [-0.15, -0.1) is 0 Å². The lowest BCUT2D eigenvalue weighted by atomic mass is 10.1. The summed E-state index contributed by atoms with van der Waals surface area (Å²) < 4.78 is 5.37. The zero-order chi connectivity index (χ0) is 13.4. The van der Waals surface area contributed by atoms with Gasteiger partial charge in [-0.3, -0.25) is 10.2 Å². The summed E-state index contributed by atoms with van der Waals surface area (Å²) in [4.78, 5) is 20.3. The van der Waals surface area contributed by atoms with Crippen LogP contribution in [0.4, 0.5) is 11.6 Å². The third kappa shape index (κ3) is 1.89. The van der Waals surface area contributed by atoms with Crippen LogP contribution in [0.2, 0.25) is 0 Å². The molecule has 2 heterocycles. The molecule has 0 saturated carbocycles. The van der Waals surface area contributed by atoms with E-state index in [0.29, 0.717) is 11.7 Å². The summed E-state index contributed by atoms with van der Waals surface area (Å²) in [6.07, 6.45) is 1.67. The van der Waals surface area contributed by atoms with Crippen LogP contribution in [-0.2, 0) is 4.79 Å². The fraction of sp³-hybridized carbons (Fsp3) is 0.167. The molecule has 7 nitrogen and oxygen atoms in total. The molecule has 1 amide bonds. The number of nitrogen functional groups attached to an aromatic ring is 1. The number of carbonyl (C=O) groups is 1. The molecular formula is C12H13N5O2. The van der Waals surface area contributed by atoms with Crippen LogP contribution in [-0.4, -0.2) is 29.5 Å². The molecule has 0 unspecified atom stereocenters. The third-order valence-corrected chi connectivity index (χ3v) is 3.07. The Bertz CT molecular complexity index is 637. The number of nitrogens with two attached hydrogens (primary N) is 1. The molecular weight excluding hydrogens is 246 g/mol. The molecule has 1 aromatic heterocycles. The highest BCUT2D eigenvalue weighted by Crippen LogP contribution is 2.34. The quantitative estimate of drug-likeness (QED) is 0.545. The minimum atomic E-state index is -0.0708. The highest BCUT2D eigenvalue weighted by atomic mass is 16.5. The Labute approximate surface area is 109 Å². The van der Waals surface area contributed by atoms with Gasteiger partial charge >= 0.3 is 0 Å². The predicted molar refractivity (Wildman–Crippen MR) is 70.7 cm³/mol. The molecule has 19 heavy (non-hydrogen) atoms. The van der Waals surface area contributed by atoms with Crippen molar-refractivity contribution in [1.82, 2.24) is 9.97 Å². The van der Waals surface area contributed by atoms with Crippen LogP contribution in [0.15, 0.2) is 24.4 Å². The summed E-state index contributed by atoms with van der Waals surface area (Å²) in [6, 6.07) is 5.61. The van der Waals surface area contributed by atoms with Gasteiger partial charge in [0.15, 0.2) is 6.61 Å². The van der Waals surface area contributed by atoms with Crippen LogP contribution in [0.1, 0.15) is 0 Å². The fourth-order valence-electron chi connectivity index (χ4n) is 1.98. The van der Waals surface area contributed by atoms with Gasteiger partial charge in [-0.1, -0.05) is 0 Å². The van der Waals surface area contributed by atoms with E-state index < -0.39 is 0 Å². The zero-order valence-electron chi connectivity index (χ0n) is 10.3. The van der Waals surface area contributed by atoms with Crippen molar-refractivity contribution in [1.29, 1.82) is 0 Å². The lowest BCUT2D eigenvalue weighted by Gasteiger charge is -2.26. The van der Waals surface area contributed by atoms with Crippen LogP contribution >= 0.6 is 0 Å². The van der Waals surface area contributed by atoms with E-state index >= 15 is 0 Å². The number of nitrogens with one attached hydrogen (secondary N) is 2. The van der Waals surface area contributed by atoms with E-state index in [1.54, 1.807) is 18.1 Å². The first-order chi connectivity index (χ1) is 9.19. The van der Waals surface area contributed by atoms with E-state index in [1.165, 1.54) is 0 Å². The second-order valence-corrected chi connectivity index (χ2v) is 4.21. The Morgan fingerprint density at radius 2 is 2.37 bits per heavy atom. The van der Waals surface area contributed by atoms with Crippen molar-refractivity contribution in [3.05, 3.63) is 24.4 Å².